The van der Waals surface area contributed by atoms with E-state index in [4.69, 9.17) is 0 Å². The number of hydrogen-bond acceptors (Lipinski definition) is 5. The number of benzene rings is 1. The minimum absolute atomic E-state index is 0.430. The molecule has 0 radical (unpaired) electrons. The predicted octanol–water partition coefficient (Wildman–Crippen LogP) is 3.85. The summed E-state index contributed by atoms with van der Waals surface area (Å²) in [6.07, 6.45) is 0.937. The van der Waals surface area contributed by atoms with Crippen molar-refractivity contribution in [1.29, 1.82) is 0 Å². The maximum absolute atomic E-state index is 10.2. The van der Waals surface area contributed by atoms with Gasteiger partial charge in [0, 0.05) is 11.1 Å². The molecule has 0 spiro atoms. The lowest BCUT2D eigenvalue weighted by Gasteiger charge is -2.01. The van der Waals surface area contributed by atoms with Crippen molar-refractivity contribution in [3.63, 3.8) is 0 Å². The van der Waals surface area contributed by atoms with Crippen LogP contribution in [0.5, 0.6) is 0 Å². The summed E-state index contributed by atoms with van der Waals surface area (Å²) in [5.74, 6) is 0. The Morgan fingerprint density at radius 2 is 2.12 bits per heavy atom. The second-order valence-electron chi connectivity index (χ2n) is 3.26. The Morgan fingerprint density at radius 3 is 2.69 bits per heavy atom. The highest BCUT2D eigenvalue weighted by atomic mass is 32.1. The molecule has 82 valence electrons. The molecular weight excluding hydrogens is 222 g/mol. The number of rotatable bonds is 4. The molecule has 0 amide bonds. The van der Waals surface area contributed by atoms with Crippen molar-refractivity contribution in [2.45, 2.75) is 13.3 Å². The number of hydrogen-bond donors (Lipinski definition) is 1. The Kier molecular flexibility index (Phi) is 3.26. The van der Waals surface area contributed by atoms with E-state index in [-0.39, 0.29) is 0 Å². The second-order valence-corrected chi connectivity index (χ2v) is 4.12. The van der Waals surface area contributed by atoms with Crippen LogP contribution in [-0.2, 0) is 6.42 Å². The van der Waals surface area contributed by atoms with E-state index >= 15 is 0 Å². The third-order valence-electron chi connectivity index (χ3n) is 2.14. The number of nitrogens with zero attached hydrogens (tertiary/aromatic N) is 2. The summed E-state index contributed by atoms with van der Waals surface area (Å²) >= 11 is 1.57. The number of aromatic nitrogens is 1. The van der Waals surface area contributed by atoms with E-state index in [9.17, 15) is 4.91 Å². The number of nitroso groups, excluding NO2 is 1. The van der Waals surface area contributed by atoms with Gasteiger partial charge < -0.3 is 5.32 Å². The van der Waals surface area contributed by atoms with E-state index in [1.165, 1.54) is 0 Å². The van der Waals surface area contributed by atoms with Crippen molar-refractivity contribution < 1.29 is 0 Å². The molecule has 0 saturated heterocycles. The molecule has 0 aliphatic carbocycles. The van der Waals surface area contributed by atoms with Gasteiger partial charge in [0.05, 0.1) is 5.69 Å². The summed E-state index contributed by atoms with van der Waals surface area (Å²) in [6, 6.07) is 6.96. The highest BCUT2D eigenvalue weighted by molar-refractivity contribution is 7.13. The van der Waals surface area contributed by atoms with Crippen molar-refractivity contribution in [3.05, 3.63) is 40.2 Å². The first-order chi connectivity index (χ1) is 7.81. The summed E-state index contributed by atoms with van der Waals surface area (Å²) in [5.41, 5.74) is 2.42. The standard InChI is InChI=1S/C11H11N3OS/c1-2-8-7-16-11(12-8)13-9-3-5-10(14-15)6-4-9/h3-7H,2H2,1H3,(H,12,13). The van der Waals surface area contributed by atoms with Crippen LogP contribution in [0.3, 0.4) is 0 Å². The first kappa shape index (κ1) is 10.8. The Morgan fingerprint density at radius 1 is 1.38 bits per heavy atom. The molecule has 1 N–H and O–H groups in total. The summed E-state index contributed by atoms with van der Waals surface area (Å²) in [7, 11) is 0. The zero-order chi connectivity index (χ0) is 11.4. The molecule has 4 nitrogen and oxygen atoms in total. The van der Waals surface area contributed by atoms with Crippen molar-refractivity contribution >= 4 is 27.8 Å². The van der Waals surface area contributed by atoms with E-state index in [1.54, 1.807) is 23.5 Å². The smallest absolute Gasteiger partial charge is 0.187 e. The fraction of sp³-hybridized carbons (Fsp3) is 0.182. The normalized spacial score (nSPS) is 10.1. The van der Waals surface area contributed by atoms with Gasteiger partial charge in [0.1, 0.15) is 5.69 Å². The van der Waals surface area contributed by atoms with Crippen LogP contribution in [0.15, 0.2) is 34.8 Å². The SMILES string of the molecule is CCc1csc(Nc2ccc(N=O)cc2)n1. The molecule has 0 aliphatic heterocycles. The van der Waals surface area contributed by atoms with Crippen LogP contribution in [0, 0.1) is 4.91 Å². The Hall–Kier alpha value is -1.75. The summed E-state index contributed by atoms with van der Waals surface area (Å²) in [5, 5.41) is 8.91. The van der Waals surface area contributed by atoms with E-state index in [1.807, 2.05) is 17.5 Å². The van der Waals surface area contributed by atoms with Gasteiger partial charge in [-0.15, -0.1) is 16.2 Å². The first-order valence-electron chi connectivity index (χ1n) is 4.96. The Balaban J connectivity index is 2.10. The van der Waals surface area contributed by atoms with Gasteiger partial charge >= 0.3 is 0 Å². The van der Waals surface area contributed by atoms with Crippen LogP contribution in [0.25, 0.3) is 0 Å². The molecule has 0 fully saturated rings. The molecule has 0 bridgehead atoms. The quantitative estimate of drug-likeness (QED) is 0.816. The largest absolute Gasteiger partial charge is 0.332 e. The van der Waals surface area contributed by atoms with Crippen molar-refractivity contribution in [3.8, 4) is 0 Å². The van der Waals surface area contributed by atoms with E-state index in [0.29, 0.717) is 5.69 Å². The third-order valence-corrected chi connectivity index (χ3v) is 2.94. The van der Waals surface area contributed by atoms with Crippen molar-refractivity contribution in [2.24, 2.45) is 5.18 Å². The van der Waals surface area contributed by atoms with Gasteiger partial charge in [-0.1, -0.05) is 6.92 Å². The first-order valence-corrected chi connectivity index (χ1v) is 5.84. The second kappa shape index (κ2) is 4.85. The van der Waals surface area contributed by atoms with Crippen LogP contribution >= 0.6 is 11.3 Å². The number of aryl methyl sites for hydroxylation is 1. The summed E-state index contributed by atoms with van der Waals surface area (Å²) < 4.78 is 0. The van der Waals surface area contributed by atoms with Crippen LogP contribution in [0.4, 0.5) is 16.5 Å². The molecule has 0 saturated carbocycles. The minimum Gasteiger partial charge on any atom is -0.332 e. The predicted molar refractivity (Wildman–Crippen MR) is 66.7 cm³/mol. The summed E-state index contributed by atoms with van der Waals surface area (Å²) in [6.45, 7) is 2.07. The molecule has 5 heteroatoms. The van der Waals surface area contributed by atoms with Gasteiger partial charge in [0.15, 0.2) is 5.13 Å². The number of thiazole rings is 1. The lowest BCUT2D eigenvalue weighted by Crippen LogP contribution is -1.89. The molecule has 2 aromatic rings. The summed E-state index contributed by atoms with van der Waals surface area (Å²) in [4.78, 5) is 14.6. The molecular formula is C11H11N3OS. The van der Waals surface area contributed by atoms with E-state index in [0.717, 1.165) is 22.9 Å². The Bertz CT molecular complexity index is 478. The minimum atomic E-state index is 0.430. The van der Waals surface area contributed by atoms with Crippen LogP contribution in [0.1, 0.15) is 12.6 Å². The van der Waals surface area contributed by atoms with Gasteiger partial charge in [-0.3, -0.25) is 0 Å². The van der Waals surface area contributed by atoms with Crippen LogP contribution < -0.4 is 5.32 Å². The average Bonchev–Trinajstić information content (AvgIpc) is 2.78. The average molecular weight is 233 g/mol. The van der Waals surface area contributed by atoms with Crippen molar-refractivity contribution in [1.82, 2.24) is 4.98 Å². The fourth-order valence-corrected chi connectivity index (χ4v) is 2.07. The van der Waals surface area contributed by atoms with Crippen molar-refractivity contribution in [2.75, 3.05) is 5.32 Å². The fourth-order valence-electron chi connectivity index (χ4n) is 1.26. The molecule has 16 heavy (non-hydrogen) atoms. The lowest BCUT2D eigenvalue weighted by atomic mass is 10.3. The zero-order valence-corrected chi connectivity index (χ0v) is 9.62. The van der Waals surface area contributed by atoms with Gasteiger partial charge in [0.2, 0.25) is 0 Å². The maximum atomic E-state index is 10.2. The van der Waals surface area contributed by atoms with Gasteiger partial charge in [0.25, 0.3) is 0 Å². The highest BCUT2D eigenvalue weighted by Gasteiger charge is 2.00. The molecule has 1 aromatic carbocycles. The molecule has 0 aliphatic rings. The van der Waals surface area contributed by atoms with Gasteiger partial charge in [-0.2, -0.15) is 0 Å². The molecule has 1 heterocycles. The topological polar surface area (TPSA) is 54.4 Å². The zero-order valence-electron chi connectivity index (χ0n) is 8.80. The van der Waals surface area contributed by atoms with E-state index in [2.05, 4.69) is 22.4 Å². The maximum Gasteiger partial charge on any atom is 0.187 e. The van der Waals surface area contributed by atoms with Gasteiger partial charge in [-0.05, 0) is 35.9 Å². The molecule has 1 aromatic heterocycles. The molecule has 0 unspecified atom stereocenters. The van der Waals surface area contributed by atoms with E-state index < -0.39 is 0 Å². The number of anilines is 2. The molecule has 0 atom stereocenters. The van der Waals surface area contributed by atoms with Gasteiger partial charge in [-0.25, -0.2) is 4.98 Å². The monoisotopic (exact) mass is 233 g/mol. The lowest BCUT2D eigenvalue weighted by molar-refractivity contribution is 1.06. The van der Waals surface area contributed by atoms with Crippen LogP contribution in [0.2, 0.25) is 0 Å². The number of nitrogens with one attached hydrogen (secondary N) is 1. The third kappa shape index (κ3) is 2.43. The molecule has 2 rings (SSSR count). The highest BCUT2D eigenvalue weighted by Crippen LogP contribution is 2.22. The van der Waals surface area contributed by atoms with Crippen LogP contribution in [-0.4, -0.2) is 4.98 Å². The Labute approximate surface area is 97.3 Å².